The summed E-state index contributed by atoms with van der Waals surface area (Å²) in [7, 11) is 0. The SMILES string of the molecule is CC(C)c1ccc(Oc2ncccc2/C(=N/O)N2CCN(c3ccc(F)cc3)CC2)cc1. The van der Waals surface area contributed by atoms with Crippen LogP contribution >= 0.6 is 0 Å². The lowest BCUT2D eigenvalue weighted by Gasteiger charge is -2.37. The van der Waals surface area contributed by atoms with Crippen molar-refractivity contribution in [3.05, 3.63) is 83.8 Å². The summed E-state index contributed by atoms with van der Waals surface area (Å²) < 4.78 is 19.3. The maximum Gasteiger partial charge on any atom is 0.230 e. The number of hydrogen-bond acceptors (Lipinski definition) is 5. The van der Waals surface area contributed by atoms with Crippen molar-refractivity contribution in [2.45, 2.75) is 19.8 Å². The second-order valence-electron chi connectivity index (χ2n) is 8.06. The van der Waals surface area contributed by atoms with Gasteiger partial charge in [0.15, 0.2) is 5.84 Å². The first kappa shape index (κ1) is 21.6. The molecule has 2 aromatic carbocycles. The number of hydrogen-bond donors (Lipinski definition) is 1. The van der Waals surface area contributed by atoms with Crippen LogP contribution in [0.4, 0.5) is 10.1 Å². The van der Waals surface area contributed by atoms with E-state index in [-0.39, 0.29) is 5.82 Å². The smallest absolute Gasteiger partial charge is 0.230 e. The number of nitrogens with zero attached hydrogens (tertiary/aromatic N) is 4. The average Bonchev–Trinajstić information content (AvgIpc) is 2.82. The first-order valence-electron chi connectivity index (χ1n) is 10.8. The Hall–Kier alpha value is -3.61. The Bertz CT molecular complexity index is 1060. The van der Waals surface area contributed by atoms with Crippen molar-refractivity contribution in [1.29, 1.82) is 0 Å². The number of pyridine rings is 1. The number of halogens is 1. The van der Waals surface area contributed by atoms with Gasteiger partial charge in [0, 0.05) is 38.1 Å². The van der Waals surface area contributed by atoms with Crippen molar-refractivity contribution < 1.29 is 14.3 Å². The topological polar surface area (TPSA) is 61.2 Å². The molecule has 32 heavy (non-hydrogen) atoms. The first-order valence-corrected chi connectivity index (χ1v) is 10.8. The Labute approximate surface area is 187 Å². The van der Waals surface area contributed by atoms with Crippen molar-refractivity contribution in [3.63, 3.8) is 0 Å². The largest absolute Gasteiger partial charge is 0.438 e. The maximum atomic E-state index is 13.2. The fourth-order valence-electron chi connectivity index (χ4n) is 3.79. The number of rotatable bonds is 5. The van der Waals surface area contributed by atoms with Gasteiger partial charge in [-0.1, -0.05) is 31.1 Å². The van der Waals surface area contributed by atoms with Crippen molar-refractivity contribution in [2.24, 2.45) is 5.16 Å². The third-order valence-electron chi connectivity index (χ3n) is 5.64. The standard InChI is InChI=1S/C25H27FN4O2/c1-18(2)19-5-11-22(12-6-19)32-25-23(4-3-13-27-25)24(28-31)30-16-14-29(15-17-30)21-9-7-20(26)8-10-21/h3-13,18,31H,14-17H2,1-2H3/b28-24-. The van der Waals surface area contributed by atoms with Gasteiger partial charge in [-0.15, -0.1) is 0 Å². The van der Waals surface area contributed by atoms with Gasteiger partial charge in [0.2, 0.25) is 5.88 Å². The van der Waals surface area contributed by atoms with E-state index in [4.69, 9.17) is 4.74 Å². The number of amidine groups is 1. The number of aromatic nitrogens is 1. The molecule has 4 rings (SSSR count). The Morgan fingerprint density at radius 1 is 1.00 bits per heavy atom. The lowest BCUT2D eigenvalue weighted by molar-refractivity contribution is 0.295. The third kappa shape index (κ3) is 4.82. The van der Waals surface area contributed by atoms with E-state index in [9.17, 15) is 9.60 Å². The molecule has 0 aliphatic carbocycles. The minimum absolute atomic E-state index is 0.245. The number of anilines is 1. The number of oxime groups is 1. The van der Waals surface area contributed by atoms with Crippen molar-refractivity contribution in [3.8, 4) is 11.6 Å². The van der Waals surface area contributed by atoms with Gasteiger partial charge in [-0.25, -0.2) is 9.37 Å². The van der Waals surface area contributed by atoms with Gasteiger partial charge in [-0.3, -0.25) is 0 Å². The van der Waals surface area contributed by atoms with Crippen LogP contribution in [0.5, 0.6) is 11.6 Å². The van der Waals surface area contributed by atoms with Gasteiger partial charge < -0.3 is 19.7 Å². The molecule has 0 atom stereocenters. The second kappa shape index (κ2) is 9.68. The molecule has 1 N–H and O–H groups in total. The molecule has 1 aliphatic rings. The predicted molar refractivity (Wildman–Crippen MR) is 123 cm³/mol. The van der Waals surface area contributed by atoms with Crippen LogP contribution in [0.2, 0.25) is 0 Å². The number of ether oxygens (including phenoxy) is 1. The summed E-state index contributed by atoms with van der Waals surface area (Å²) in [5, 5.41) is 13.4. The minimum atomic E-state index is -0.245. The van der Waals surface area contributed by atoms with E-state index in [1.54, 1.807) is 24.4 Å². The minimum Gasteiger partial charge on any atom is -0.438 e. The van der Waals surface area contributed by atoms with Gasteiger partial charge in [0.05, 0.1) is 5.56 Å². The van der Waals surface area contributed by atoms with Crippen LogP contribution < -0.4 is 9.64 Å². The zero-order valence-corrected chi connectivity index (χ0v) is 18.3. The lowest BCUT2D eigenvalue weighted by Crippen LogP contribution is -2.49. The van der Waals surface area contributed by atoms with E-state index in [0.717, 1.165) is 18.8 Å². The quantitative estimate of drug-likeness (QED) is 0.262. The van der Waals surface area contributed by atoms with E-state index in [1.165, 1.54) is 17.7 Å². The molecular weight excluding hydrogens is 407 g/mol. The summed E-state index contributed by atoms with van der Waals surface area (Å²) >= 11 is 0. The fraction of sp³-hybridized carbons (Fsp3) is 0.280. The van der Waals surface area contributed by atoms with E-state index < -0.39 is 0 Å². The molecule has 0 radical (unpaired) electrons. The molecule has 0 amide bonds. The Kier molecular flexibility index (Phi) is 6.54. The highest BCUT2D eigenvalue weighted by Gasteiger charge is 2.24. The maximum absolute atomic E-state index is 13.2. The Balaban J connectivity index is 1.48. The molecular formula is C25H27FN4O2. The highest BCUT2D eigenvalue weighted by atomic mass is 19.1. The zero-order valence-electron chi connectivity index (χ0n) is 18.3. The van der Waals surface area contributed by atoms with Gasteiger partial charge in [-0.05, 0) is 60.0 Å². The lowest BCUT2D eigenvalue weighted by atomic mass is 10.0. The summed E-state index contributed by atoms with van der Waals surface area (Å²) in [4.78, 5) is 8.57. The van der Waals surface area contributed by atoms with Crippen LogP contribution in [0.25, 0.3) is 0 Å². The van der Waals surface area contributed by atoms with Gasteiger partial charge in [0.25, 0.3) is 0 Å². The molecule has 1 aromatic heterocycles. The van der Waals surface area contributed by atoms with Gasteiger partial charge in [-0.2, -0.15) is 0 Å². The molecule has 1 fully saturated rings. The normalized spacial score (nSPS) is 14.7. The van der Waals surface area contributed by atoms with E-state index >= 15 is 0 Å². The molecule has 166 valence electrons. The van der Waals surface area contributed by atoms with Crippen molar-refractivity contribution in [1.82, 2.24) is 9.88 Å². The molecule has 7 heteroatoms. The highest BCUT2D eigenvalue weighted by Crippen LogP contribution is 2.27. The molecule has 0 spiro atoms. The Morgan fingerprint density at radius 3 is 2.31 bits per heavy atom. The molecule has 1 saturated heterocycles. The highest BCUT2D eigenvalue weighted by molar-refractivity contribution is 6.00. The average molecular weight is 435 g/mol. The van der Waals surface area contributed by atoms with Crippen molar-refractivity contribution >= 4 is 11.5 Å². The molecule has 1 aliphatic heterocycles. The number of piperazine rings is 1. The molecule has 0 unspecified atom stereocenters. The van der Waals surface area contributed by atoms with E-state index in [1.807, 2.05) is 35.2 Å². The van der Waals surface area contributed by atoms with E-state index in [0.29, 0.717) is 42.0 Å². The summed E-state index contributed by atoms with van der Waals surface area (Å²) in [5.41, 5.74) is 2.83. The summed E-state index contributed by atoms with van der Waals surface area (Å²) in [6.45, 7) is 7.02. The summed E-state index contributed by atoms with van der Waals surface area (Å²) in [6, 6.07) is 18.1. The van der Waals surface area contributed by atoms with Gasteiger partial charge >= 0.3 is 0 Å². The third-order valence-corrected chi connectivity index (χ3v) is 5.64. The van der Waals surface area contributed by atoms with Crippen LogP contribution in [0, 0.1) is 5.82 Å². The molecule has 6 nitrogen and oxygen atoms in total. The predicted octanol–water partition coefficient (Wildman–Crippen LogP) is 5.09. The molecule has 0 saturated carbocycles. The molecule has 0 bridgehead atoms. The molecule has 3 aromatic rings. The van der Waals surface area contributed by atoms with Crippen LogP contribution in [-0.4, -0.2) is 47.1 Å². The fourth-order valence-corrected chi connectivity index (χ4v) is 3.79. The Morgan fingerprint density at radius 2 is 1.69 bits per heavy atom. The second-order valence-corrected chi connectivity index (χ2v) is 8.06. The van der Waals surface area contributed by atoms with Crippen LogP contribution in [0.1, 0.15) is 30.9 Å². The van der Waals surface area contributed by atoms with Crippen LogP contribution in [0.3, 0.4) is 0 Å². The van der Waals surface area contributed by atoms with E-state index in [2.05, 4.69) is 28.9 Å². The van der Waals surface area contributed by atoms with Crippen LogP contribution in [-0.2, 0) is 0 Å². The summed E-state index contributed by atoms with van der Waals surface area (Å²) in [5.74, 6) is 1.68. The monoisotopic (exact) mass is 434 g/mol. The molecule has 2 heterocycles. The zero-order chi connectivity index (χ0) is 22.5. The van der Waals surface area contributed by atoms with Crippen LogP contribution in [0.15, 0.2) is 72.0 Å². The number of benzene rings is 2. The van der Waals surface area contributed by atoms with Gasteiger partial charge in [0.1, 0.15) is 11.6 Å². The van der Waals surface area contributed by atoms with Crippen molar-refractivity contribution in [2.75, 3.05) is 31.1 Å². The summed E-state index contributed by atoms with van der Waals surface area (Å²) in [6.07, 6.45) is 1.66. The first-order chi connectivity index (χ1) is 15.5.